The second-order valence-electron chi connectivity index (χ2n) is 9.78. The van der Waals surface area contributed by atoms with Crippen LogP contribution >= 0.6 is 11.3 Å². The smallest absolute Gasteiger partial charge is 0.313 e. The number of amides is 1. The summed E-state index contributed by atoms with van der Waals surface area (Å²) in [6.07, 6.45) is 1.86. The highest BCUT2D eigenvalue weighted by Crippen LogP contribution is 2.30. The van der Waals surface area contributed by atoms with Crippen molar-refractivity contribution in [3.05, 3.63) is 88.2 Å². The third-order valence-corrected chi connectivity index (χ3v) is 7.90. The molecule has 1 amide bonds. The standard InChI is InChI=1S/C29H30F3N5OS/c1-2-19-6-8-21(9-7-19)23-16-34-37(18-23)17-20-4-3-5-22(14-20)27(38)36-28-35-25-11-10-24(15-26(25)39-28)33-13-12-29(30,31)32/h3-9,14,16,18,24,33H,2,10-13,15,17H2,1H3,(H,35,36,38). The number of hydrogen-bond donors (Lipinski definition) is 2. The van der Waals surface area contributed by atoms with Crippen molar-refractivity contribution in [3.8, 4) is 11.1 Å². The molecule has 0 fully saturated rings. The third kappa shape index (κ3) is 7.13. The second-order valence-corrected chi connectivity index (χ2v) is 10.9. The van der Waals surface area contributed by atoms with Crippen molar-refractivity contribution < 1.29 is 18.0 Å². The van der Waals surface area contributed by atoms with E-state index >= 15 is 0 Å². The van der Waals surface area contributed by atoms with Gasteiger partial charge >= 0.3 is 6.18 Å². The predicted molar refractivity (Wildman–Crippen MR) is 147 cm³/mol. The molecule has 1 aliphatic carbocycles. The fourth-order valence-corrected chi connectivity index (χ4v) is 5.80. The number of aromatic nitrogens is 3. The van der Waals surface area contributed by atoms with Crippen LogP contribution in [0.4, 0.5) is 18.3 Å². The van der Waals surface area contributed by atoms with E-state index in [-0.39, 0.29) is 18.5 Å². The molecule has 39 heavy (non-hydrogen) atoms. The minimum absolute atomic E-state index is 0.0148. The second kappa shape index (κ2) is 11.7. The zero-order valence-electron chi connectivity index (χ0n) is 21.6. The number of carbonyl (C=O) groups excluding carboxylic acids is 1. The van der Waals surface area contributed by atoms with Gasteiger partial charge in [0, 0.05) is 34.8 Å². The maximum atomic E-state index is 13.0. The molecule has 10 heteroatoms. The Kier molecular flexibility index (Phi) is 8.13. The maximum Gasteiger partial charge on any atom is 0.390 e. The van der Waals surface area contributed by atoms with Crippen LogP contribution < -0.4 is 10.6 Å². The molecule has 5 rings (SSSR count). The fraction of sp³-hybridized carbons (Fsp3) is 0.345. The lowest BCUT2D eigenvalue weighted by Crippen LogP contribution is -2.36. The minimum atomic E-state index is -4.16. The highest BCUT2D eigenvalue weighted by molar-refractivity contribution is 7.15. The average molecular weight is 554 g/mol. The van der Waals surface area contributed by atoms with E-state index in [4.69, 9.17) is 0 Å². The van der Waals surface area contributed by atoms with Crippen molar-refractivity contribution in [1.82, 2.24) is 20.1 Å². The summed E-state index contributed by atoms with van der Waals surface area (Å²) >= 11 is 1.39. The minimum Gasteiger partial charge on any atom is -0.313 e. The van der Waals surface area contributed by atoms with Gasteiger partial charge in [0.15, 0.2) is 5.13 Å². The third-order valence-electron chi connectivity index (χ3n) is 6.86. The fourth-order valence-electron chi connectivity index (χ4n) is 4.72. The van der Waals surface area contributed by atoms with E-state index in [9.17, 15) is 18.0 Å². The molecule has 1 atom stereocenters. The van der Waals surface area contributed by atoms with Crippen LogP contribution in [0.15, 0.2) is 60.9 Å². The van der Waals surface area contributed by atoms with Crippen LogP contribution in [-0.2, 0) is 25.8 Å². The Hall–Kier alpha value is -3.50. The summed E-state index contributed by atoms with van der Waals surface area (Å²) in [7, 11) is 0. The van der Waals surface area contributed by atoms with Crippen molar-refractivity contribution in [2.45, 2.75) is 57.8 Å². The number of nitrogens with one attached hydrogen (secondary N) is 2. The molecule has 2 aromatic carbocycles. The molecule has 4 aromatic rings. The lowest BCUT2D eigenvalue weighted by molar-refractivity contribution is -0.133. The molecule has 1 aliphatic rings. The van der Waals surface area contributed by atoms with Crippen LogP contribution in [0.5, 0.6) is 0 Å². The van der Waals surface area contributed by atoms with Crippen LogP contribution in [0.25, 0.3) is 11.1 Å². The van der Waals surface area contributed by atoms with Gasteiger partial charge in [0.05, 0.1) is 24.9 Å². The van der Waals surface area contributed by atoms with Gasteiger partial charge < -0.3 is 5.32 Å². The summed E-state index contributed by atoms with van der Waals surface area (Å²) in [4.78, 5) is 18.6. The van der Waals surface area contributed by atoms with Crippen molar-refractivity contribution in [3.63, 3.8) is 0 Å². The van der Waals surface area contributed by atoms with Crippen LogP contribution in [0.1, 0.15) is 51.8 Å². The Labute approximate surface area is 229 Å². The molecule has 6 nitrogen and oxygen atoms in total. The molecular formula is C29H30F3N5OS. The molecule has 2 N–H and O–H groups in total. The molecule has 204 valence electrons. The number of benzene rings is 2. The normalized spacial score (nSPS) is 15.2. The first kappa shape index (κ1) is 27.1. The topological polar surface area (TPSA) is 71.8 Å². The Bertz CT molecular complexity index is 1430. The number of anilines is 1. The Morgan fingerprint density at radius 1 is 1.13 bits per heavy atom. The van der Waals surface area contributed by atoms with Gasteiger partial charge in [-0.2, -0.15) is 18.3 Å². The first-order valence-corrected chi connectivity index (χ1v) is 13.9. The number of thiazole rings is 1. The van der Waals surface area contributed by atoms with Gasteiger partial charge in [0.25, 0.3) is 5.91 Å². The van der Waals surface area contributed by atoms with E-state index in [1.165, 1.54) is 16.9 Å². The number of halogens is 3. The summed E-state index contributed by atoms with van der Waals surface area (Å²) in [6.45, 7) is 2.57. The molecule has 2 heterocycles. The number of carbonyl (C=O) groups is 1. The van der Waals surface area contributed by atoms with Crippen molar-refractivity contribution >= 4 is 22.4 Å². The number of hydrogen-bond acceptors (Lipinski definition) is 5. The summed E-state index contributed by atoms with van der Waals surface area (Å²) in [6, 6.07) is 15.9. The maximum absolute atomic E-state index is 13.0. The van der Waals surface area contributed by atoms with Crippen LogP contribution in [0.3, 0.4) is 0 Å². The van der Waals surface area contributed by atoms with E-state index in [0.717, 1.165) is 40.1 Å². The molecule has 0 radical (unpaired) electrons. The van der Waals surface area contributed by atoms with Gasteiger partial charge in [-0.15, -0.1) is 11.3 Å². The first-order chi connectivity index (χ1) is 18.8. The van der Waals surface area contributed by atoms with Gasteiger partial charge in [-0.05, 0) is 54.5 Å². The summed E-state index contributed by atoms with van der Waals surface area (Å²) in [5.74, 6) is -0.250. The summed E-state index contributed by atoms with van der Waals surface area (Å²) < 4.78 is 39.2. The molecule has 0 saturated carbocycles. The Morgan fingerprint density at radius 3 is 2.72 bits per heavy atom. The quantitative estimate of drug-likeness (QED) is 0.256. The van der Waals surface area contributed by atoms with Gasteiger partial charge in [-0.25, -0.2) is 4.98 Å². The van der Waals surface area contributed by atoms with Gasteiger partial charge in [-0.1, -0.05) is 43.3 Å². The van der Waals surface area contributed by atoms with Crippen LogP contribution in [0.2, 0.25) is 0 Å². The largest absolute Gasteiger partial charge is 0.390 e. The Morgan fingerprint density at radius 2 is 1.95 bits per heavy atom. The number of alkyl halides is 3. The van der Waals surface area contributed by atoms with Gasteiger partial charge in [-0.3, -0.25) is 14.8 Å². The monoisotopic (exact) mass is 553 g/mol. The highest BCUT2D eigenvalue weighted by Gasteiger charge is 2.28. The molecule has 0 aliphatic heterocycles. The van der Waals surface area contributed by atoms with E-state index in [2.05, 4.69) is 51.9 Å². The molecule has 0 bridgehead atoms. The van der Waals surface area contributed by atoms with Gasteiger partial charge in [0.1, 0.15) is 0 Å². The highest BCUT2D eigenvalue weighted by atomic mass is 32.1. The number of fused-ring (bicyclic) bond motifs is 1. The van der Waals surface area contributed by atoms with Crippen molar-refractivity contribution in [2.24, 2.45) is 0 Å². The first-order valence-electron chi connectivity index (χ1n) is 13.1. The van der Waals surface area contributed by atoms with Gasteiger partial charge in [0.2, 0.25) is 0 Å². The molecule has 0 spiro atoms. The lowest BCUT2D eigenvalue weighted by atomic mass is 9.97. The lowest BCUT2D eigenvalue weighted by Gasteiger charge is -2.22. The van der Waals surface area contributed by atoms with E-state index in [0.29, 0.717) is 30.1 Å². The van der Waals surface area contributed by atoms with Crippen LogP contribution in [0, 0.1) is 0 Å². The molecule has 0 saturated heterocycles. The van der Waals surface area contributed by atoms with E-state index in [1.54, 1.807) is 6.07 Å². The number of aryl methyl sites for hydroxylation is 2. The molecule has 1 unspecified atom stereocenters. The Balaban J connectivity index is 1.18. The zero-order valence-corrected chi connectivity index (χ0v) is 22.4. The van der Waals surface area contributed by atoms with E-state index in [1.807, 2.05) is 35.3 Å². The number of nitrogens with zero attached hydrogens (tertiary/aromatic N) is 3. The van der Waals surface area contributed by atoms with Crippen molar-refractivity contribution in [1.29, 1.82) is 0 Å². The average Bonchev–Trinajstić information content (AvgIpc) is 3.54. The molecule has 2 aromatic heterocycles. The molecular weight excluding hydrogens is 523 g/mol. The van der Waals surface area contributed by atoms with E-state index < -0.39 is 12.6 Å². The van der Waals surface area contributed by atoms with Crippen molar-refractivity contribution in [2.75, 3.05) is 11.9 Å². The summed E-state index contributed by atoms with van der Waals surface area (Å²) in [5.41, 5.74) is 5.83. The SMILES string of the molecule is CCc1ccc(-c2cnn(Cc3cccc(C(=O)Nc4nc5c(s4)CC(NCCC(F)(F)F)CC5)c3)c2)cc1. The summed E-state index contributed by atoms with van der Waals surface area (Å²) in [5, 5.41) is 10.9. The van der Waals surface area contributed by atoms with Crippen LogP contribution in [-0.4, -0.2) is 39.4 Å². The predicted octanol–water partition coefficient (Wildman–Crippen LogP) is 6.27. The zero-order chi connectivity index (χ0) is 27.4. The number of rotatable bonds is 9.